The van der Waals surface area contributed by atoms with E-state index in [1.54, 1.807) is 34.6 Å². The Balaban J connectivity index is 1.55. The van der Waals surface area contributed by atoms with Crippen LogP contribution in [0, 0.1) is 13.8 Å². The van der Waals surface area contributed by atoms with Gasteiger partial charge in [0.25, 0.3) is 0 Å². The second-order valence-electron chi connectivity index (χ2n) is 8.96. The van der Waals surface area contributed by atoms with E-state index < -0.39 is 0 Å². The van der Waals surface area contributed by atoms with Crippen molar-refractivity contribution in [2.75, 3.05) is 13.1 Å². The average molecular weight is 489 g/mol. The molecule has 36 heavy (non-hydrogen) atoms. The molecule has 0 saturated heterocycles. The number of hydrogen-bond acceptors (Lipinski definition) is 8. The van der Waals surface area contributed by atoms with Crippen molar-refractivity contribution in [1.29, 1.82) is 0 Å². The summed E-state index contributed by atoms with van der Waals surface area (Å²) in [5.74, 6) is 12.8. The highest BCUT2D eigenvalue weighted by atomic mass is 16.3. The standard InChI is InChI=1S/C28H36N6O2/c1-19-15-21(3-9-27(19)35)11-13-33(31)17-25(29)23-5-7-24(8-6-23)26(30)18-34(32)14-12-22-4-10-28(36)20(2)16-22/h3-10,15-18,35-36H,11-14,29-32H2,1-2H3/b25-17-,26-18-. The predicted molar refractivity (Wildman–Crippen MR) is 146 cm³/mol. The molecule has 8 heteroatoms. The van der Waals surface area contributed by atoms with Gasteiger partial charge >= 0.3 is 0 Å². The minimum Gasteiger partial charge on any atom is -0.508 e. The molecule has 0 aliphatic carbocycles. The van der Waals surface area contributed by atoms with Crippen LogP contribution in [0.5, 0.6) is 11.5 Å². The normalized spacial score (nSPS) is 12.0. The highest BCUT2D eigenvalue weighted by Gasteiger charge is 2.05. The van der Waals surface area contributed by atoms with Gasteiger partial charge in [-0.25, -0.2) is 11.7 Å². The van der Waals surface area contributed by atoms with Crippen molar-refractivity contribution in [2.24, 2.45) is 23.2 Å². The lowest BCUT2D eigenvalue weighted by Crippen LogP contribution is -2.28. The number of benzene rings is 3. The molecule has 3 aromatic rings. The Labute approximate surface area is 212 Å². The highest BCUT2D eigenvalue weighted by Crippen LogP contribution is 2.19. The van der Waals surface area contributed by atoms with E-state index in [-0.39, 0.29) is 11.5 Å². The van der Waals surface area contributed by atoms with Crippen LogP contribution in [0.4, 0.5) is 0 Å². The number of nitrogens with zero attached hydrogens (tertiary/aromatic N) is 2. The third kappa shape index (κ3) is 7.43. The summed E-state index contributed by atoms with van der Waals surface area (Å²) in [6.07, 6.45) is 4.86. The van der Waals surface area contributed by atoms with Gasteiger partial charge in [-0.2, -0.15) is 0 Å². The first-order chi connectivity index (χ1) is 17.1. The fourth-order valence-electron chi connectivity index (χ4n) is 3.75. The zero-order chi connectivity index (χ0) is 26.2. The van der Waals surface area contributed by atoms with Crippen LogP contribution >= 0.6 is 0 Å². The molecule has 190 valence electrons. The van der Waals surface area contributed by atoms with Crippen LogP contribution in [0.3, 0.4) is 0 Å². The first-order valence-corrected chi connectivity index (χ1v) is 11.8. The quantitative estimate of drug-likeness (QED) is 0.188. The number of rotatable bonds is 10. The zero-order valence-electron chi connectivity index (χ0n) is 20.9. The zero-order valence-corrected chi connectivity index (χ0v) is 20.9. The number of phenols is 2. The van der Waals surface area contributed by atoms with Gasteiger partial charge in [-0.05, 0) is 72.2 Å². The van der Waals surface area contributed by atoms with Gasteiger partial charge < -0.3 is 31.7 Å². The summed E-state index contributed by atoms with van der Waals surface area (Å²) in [6, 6.07) is 18.6. The molecule has 0 aliphatic heterocycles. The maximum absolute atomic E-state index is 9.66. The van der Waals surface area contributed by atoms with Gasteiger partial charge in [0.15, 0.2) is 0 Å². The minimum absolute atomic E-state index is 0.287. The molecule has 0 saturated carbocycles. The summed E-state index contributed by atoms with van der Waals surface area (Å²) >= 11 is 0. The number of hydrazine groups is 2. The van der Waals surface area contributed by atoms with Crippen molar-refractivity contribution in [2.45, 2.75) is 26.7 Å². The molecule has 3 rings (SSSR count). The molecule has 0 fully saturated rings. The van der Waals surface area contributed by atoms with E-state index in [4.69, 9.17) is 23.2 Å². The lowest BCUT2D eigenvalue weighted by molar-refractivity contribution is 0.399. The molecular weight excluding hydrogens is 452 g/mol. The van der Waals surface area contributed by atoms with Gasteiger partial charge in [0.05, 0.1) is 11.4 Å². The summed E-state index contributed by atoms with van der Waals surface area (Å²) in [5, 5.41) is 22.4. The number of aryl methyl sites for hydroxylation is 2. The Morgan fingerprint density at radius 3 is 1.36 bits per heavy atom. The molecule has 0 amide bonds. The second kappa shape index (κ2) is 12.0. The summed E-state index contributed by atoms with van der Waals surface area (Å²) in [7, 11) is 0. The number of hydrogen-bond donors (Lipinski definition) is 6. The summed E-state index contributed by atoms with van der Waals surface area (Å²) in [4.78, 5) is 0. The predicted octanol–water partition coefficient (Wildman–Crippen LogP) is 3.07. The van der Waals surface area contributed by atoms with E-state index in [1.165, 1.54) is 0 Å². The summed E-state index contributed by atoms with van der Waals surface area (Å²) in [5.41, 5.74) is 19.1. The molecule has 0 spiro atoms. The third-order valence-electron chi connectivity index (χ3n) is 6.00. The maximum atomic E-state index is 9.66. The van der Waals surface area contributed by atoms with Crippen LogP contribution in [0.15, 0.2) is 73.1 Å². The topological polar surface area (TPSA) is 151 Å². The smallest absolute Gasteiger partial charge is 0.118 e. The molecule has 0 aromatic heterocycles. The second-order valence-corrected chi connectivity index (χ2v) is 8.96. The van der Waals surface area contributed by atoms with Crippen LogP contribution in [0.1, 0.15) is 33.4 Å². The fraction of sp³-hybridized carbons (Fsp3) is 0.214. The molecule has 0 bridgehead atoms. The third-order valence-corrected chi connectivity index (χ3v) is 6.00. The van der Waals surface area contributed by atoms with Gasteiger partial charge in [0, 0.05) is 25.5 Å². The van der Waals surface area contributed by atoms with E-state index in [0.717, 1.165) is 46.2 Å². The monoisotopic (exact) mass is 488 g/mol. The SMILES string of the molecule is Cc1cc(CCN(N)/C=C(\N)c2ccc(/C(N)=C/N(N)CCc3ccc(O)c(C)c3)cc2)ccc1O. The van der Waals surface area contributed by atoms with Gasteiger partial charge in [0.1, 0.15) is 11.5 Å². The maximum Gasteiger partial charge on any atom is 0.118 e. The molecule has 0 radical (unpaired) electrons. The largest absolute Gasteiger partial charge is 0.508 e. The molecule has 3 aromatic carbocycles. The molecule has 0 heterocycles. The Hall–Kier alpha value is -4.14. The molecule has 8 nitrogen and oxygen atoms in total. The molecule has 0 unspecified atom stereocenters. The number of aromatic hydroxyl groups is 2. The van der Waals surface area contributed by atoms with E-state index in [0.29, 0.717) is 24.5 Å². The van der Waals surface area contributed by atoms with Crippen LogP contribution in [-0.2, 0) is 12.8 Å². The lowest BCUT2D eigenvalue weighted by atomic mass is 10.1. The van der Waals surface area contributed by atoms with Crippen molar-refractivity contribution in [3.05, 3.63) is 106 Å². The van der Waals surface area contributed by atoms with Crippen molar-refractivity contribution in [3.8, 4) is 11.5 Å². The Morgan fingerprint density at radius 2 is 1.03 bits per heavy atom. The van der Waals surface area contributed by atoms with Gasteiger partial charge in [0.2, 0.25) is 0 Å². The molecule has 0 aliphatic rings. The van der Waals surface area contributed by atoms with E-state index >= 15 is 0 Å². The van der Waals surface area contributed by atoms with E-state index in [2.05, 4.69) is 0 Å². The van der Waals surface area contributed by atoms with Crippen LogP contribution in [0.2, 0.25) is 0 Å². The lowest BCUT2D eigenvalue weighted by Gasteiger charge is -2.16. The first-order valence-electron chi connectivity index (χ1n) is 11.8. The molecule has 0 atom stereocenters. The van der Waals surface area contributed by atoms with E-state index in [1.807, 2.05) is 62.4 Å². The highest BCUT2D eigenvalue weighted by molar-refractivity contribution is 5.67. The first kappa shape index (κ1) is 26.5. The molecular formula is C28H36N6O2. The van der Waals surface area contributed by atoms with Crippen LogP contribution < -0.4 is 23.2 Å². The van der Waals surface area contributed by atoms with Gasteiger partial charge in [-0.1, -0.05) is 48.5 Å². The average Bonchev–Trinajstić information content (AvgIpc) is 2.85. The number of phenolic OH excluding ortho intramolecular Hbond substituents is 2. The fourth-order valence-corrected chi connectivity index (χ4v) is 3.75. The van der Waals surface area contributed by atoms with Crippen LogP contribution in [0.25, 0.3) is 11.4 Å². The Bertz CT molecular complexity index is 1140. The van der Waals surface area contributed by atoms with Crippen LogP contribution in [-0.4, -0.2) is 33.3 Å². The van der Waals surface area contributed by atoms with Crippen molar-refractivity contribution in [3.63, 3.8) is 0 Å². The number of nitrogens with two attached hydrogens (primary N) is 4. The minimum atomic E-state index is 0.287. The summed E-state index contributed by atoms with van der Waals surface area (Å²) in [6.45, 7) is 4.89. The van der Waals surface area contributed by atoms with Gasteiger partial charge in [-0.3, -0.25) is 0 Å². The van der Waals surface area contributed by atoms with E-state index in [9.17, 15) is 10.2 Å². The van der Waals surface area contributed by atoms with Crippen molar-refractivity contribution < 1.29 is 10.2 Å². The van der Waals surface area contributed by atoms with Crippen molar-refractivity contribution in [1.82, 2.24) is 10.0 Å². The summed E-state index contributed by atoms with van der Waals surface area (Å²) < 4.78 is 0. The van der Waals surface area contributed by atoms with Crippen molar-refractivity contribution >= 4 is 11.4 Å². The Kier molecular flexibility index (Phi) is 8.83. The van der Waals surface area contributed by atoms with Gasteiger partial charge in [-0.15, -0.1) is 0 Å². The molecule has 10 N–H and O–H groups in total. The Morgan fingerprint density at radius 1 is 0.667 bits per heavy atom.